The summed E-state index contributed by atoms with van der Waals surface area (Å²) in [6.07, 6.45) is 1.22. The van der Waals surface area contributed by atoms with Gasteiger partial charge in [-0.15, -0.1) is 11.3 Å². The second kappa shape index (κ2) is 9.85. The first-order valence-corrected chi connectivity index (χ1v) is 10.8. The highest BCUT2D eigenvalue weighted by molar-refractivity contribution is 7.14. The van der Waals surface area contributed by atoms with E-state index in [1.807, 2.05) is 59.2 Å². The van der Waals surface area contributed by atoms with E-state index in [-0.39, 0.29) is 11.8 Å². The standard InChI is InChI=1S/C22H29N3O2S/c1-3-24(17-18-7-5-4-6-8-18)22(27)20-11-9-19(28-20)10-12-21(26)25-15-13-23(2)14-16-25/h4-9,11H,3,10,12-17H2,1-2H3. The van der Waals surface area contributed by atoms with Crippen LogP contribution < -0.4 is 0 Å². The quantitative estimate of drug-likeness (QED) is 0.719. The second-order valence-electron chi connectivity index (χ2n) is 7.25. The number of rotatable bonds is 7. The lowest BCUT2D eigenvalue weighted by atomic mass is 10.2. The number of carbonyl (C=O) groups excluding carboxylic acids is 2. The largest absolute Gasteiger partial charge is 0.340 e. The first-order chi connectivity index (χ1) is 13.6. The summed E-state index contributed by atoms with van der Waals surface area (Å²) in [7, 11) is 2.09. The van der Waals surface area contributed by atoms with Gasteiger partial charge in [0, 0.05) is 50.6 Å². The summed E-state index contributed by atoms with van der Waals surface area (Å²) in [6.45, 7) is 6.80. The number of thiophene rings is 1. The molecule has 0 spiro atoms. The number of likely N-dealkylation sites (N-methyl/N-ethyl adjacent to an activating group) is 1. The maximum absolute atomic E-state index is 12.9. The Hall–Kier alpha value is -2.18. The second-order valence-corrected chi connectivity index (χ2v) is 8.42. The van der Waals surface area contributed by atoms with E-state index in [1.165, 1.54) is 11.3 Å². The minimum absolute atomic E-state index is 0.0630. The number of nitrogens with zero attached hydrogens (tertiary/aromatic N) is 3. The Bertz CT molecular complexity index is 782. The van der Waals surface area contributed by atoms with Crippen molar-refractivity contribution in [2.75, 3.05) is 39.8 Å². The van der Waals surface area contributed by atoms with Gasteiger partial charge in [0.05, 0.1) is 4.88 Å². The molecule has 1 aromatic carbocycles. The Morgan fingerprint density at radius 1 is 1.04 bits per heavy atom. The third kappa shape index (κ3) is 5.42. The van der Waals surface area contributed by atoms with E-state index >= 15 is 0 Å². The van der Waals surface area contributed by atoms with E-state index in [2.05, 4.69) is 11.9 Å². The lowest BCUT2D eigenvalue weighted by Crippen LogP contribution is -2.47. The zero-order valence-corrected chi connectivity index (χ0v) is 17.6. The van der Waals surface area contributed by atoms with Gasteiger partial charge in [0.15, 0.2) is 0 Å². The molecule has 0 aliphatic carbocycles. The number of hydrogen-bond donors (Lipinski definition) is 0. The molecule has 1 fully saturated rings. The summed E-state index contributed by atoms with van der Waals surface area (Å²) < 4.78 is 0. The topological polar surface area (TPSA) is 43.9 Å². The molecule has 3 rings (SSSR count). The predicted octanol–water partition coefficient (Wildman–Crippen LogP) is 3.12. The van der Waals surface area contributed by atoms with Crippen LogP contribution in [0.25, 0.3) is 0 Å². The zero-order chi connectivity index (χ0) is 19.9. The molecule has 1 aliphatic heterocycles. The Morgan fingerprint density at radius 2 is 1.75 bits per heavy atom. The normalized spacial score (nSPS) is 14.9. The van der Waals surface area contributed by atoms with Crippen LogP contribution in [0.1, 0.15) is 33.5 Å². The average molecular weight is 400 g/mol. The van der Waals surface area contributed by atoms with Gasteiger partial charge in [-0.05, 0) is 38.1 Å². The van der Waals surface area contributed by atoms with E-state index in [0.29, 0.717) is 25.9 Å². The van der Waals surface area contributed by atoms with Gasteiger partial charge in [-0.1, -0.05) is 30.3 Å². The first-order valence-electron chi connectivity index (χ1n) is 9.95. The summed E-state index contributed by atoms with van der Waals surface area (Å²) in [4.78, 5) is 33.2. The fraction of sp³-hybridized carbons (Fsp3) is 0.455. The van der Waals surface area contributed by atoms with Gasteiger partial charge in [-0.2, -0.15) is 0 Å². The van der Waals surface area contributed by atoms with E-state index < -0.39 is 0 Å². The Labute approximate surface area is 171 Å². The number of piperazine rings is 1. The minimum Gasteiger partial charge on any atom is -0.340 e. The monoisotopic (exact) mass is 399 g/mol. The smallest absolute Gasteiger partial charge is 0.264 e. The molecular formula is C22H29N3O2S. The summed E-state index contributed by atoms with van der Waals surface area (Å²) in [5, 5.41) is 0. The highest BCUT2D eigenvalue weighted by Crippen LogP contribution is 2.21. The first kappa shape index (κ1) is 20.6. The molecule has 28 heavy (non-hydrogen) atoms. The van der Waals surface area contributed by atoms with Crippen LogP contribution in [0, 0.1) is 0 Å². The fourth-order valence-corrected chi connectivity index (χ4v) is 4.33. The van der Waals surface area contributed by atoms with Crippen molar-refractivity contribution in [2.24, 2.45) is 0 Å². The van der Waals surface area contributed by atoms with E-state index in [1.54, 1.807) is 0 Å². The molecule has 6 heteroatoms. The number of aryl methyl sites for hydroxylation is 1. The molecule has 0 unspecified atom stereocenters. The lowest BCUT2D eigenvalue weighted by Gasteiger charge is -2.32. The summed E-state index contributed by atoms with van der Waals surface area (Å²) in [5.74, 6) is 0.279. The van der Waals surface area contributed by atoms with Crippen molar-refractivity contribution in [2.45, 2.75) is 26.3 Å². The van der Waals surface area contributed by atoms with Crippen LogP contribution in [0.2, 0.25) is 0 Å². The maximum Gasteiger partial charge on any atom is 0.264 e. The molecule has 150 valence electrons. The third-order valence-electron chi connectivity index (χ3n) is 5.20. The molecule has 0 N–H and O–H groups in total. The SMILES string of the molecule is CCN(Cc1ccccc1)C(=O)c1ccc(CCC(=O)N2CCN(C)CC2)s1. The van der Waals surface area contributed by atoms with Gasteiger partial charge < -0.3 is 14.7 Å². The van der Waals surface area contributed by atoms with Crippen molar-refractivity contribution in [3.05, 3.63) is 57.8 Å². The predicted molar refractivity (Wildman–Crippen MR) is 114 cm³/mol. The van der Waals surface area contributed by atoms with Gasteiger partial charge in [0.2, 0.25) is 5.91 Å². The van der Waals surface area contributed by atoms with Gasteiger partial charge in [0.1, 0.15) is 0 Å². The fourth-order valence-electron chi connectivity index (χ4n) is 3.36. The van der Waals surface area contributed by atoms with Crippen molar-refractivity contribution in [3.63, 3.8) is 0 Å². The molecule has 2 heterocycles. The number of carbonyl (C=O) groups is 2. The van der Waals surface area contributed by atoms with Crippen molar-refractivity contribution < 1.29 is 9.59 Å². The number of benzene rings is 1. The van der Waals surface area contributed by atoms with Crippen molar-refractivity contribution in [1.29, 1.82) is 0 Å². The highest BCUT2D eigenvalue weighted by atomic mass is 32.1. The Morgan fingerprint density at radius 3 is 2.43 bits per heavy atom. The summed E-state index contributed by atoms with van der Waals surface area (Å²) in [6, 6.07) is 13.9. The van der Waals surface area contributed by atoms with Crippen molar-refractivity contribution in [1.82, 2.24) is 14.7 Å². The average Bonchev–Trinajstić information content (AvgIpc) is 3.20. The van der Waals surface area contributed by atoms with E-state index in [4.69, 9.17) is 0 Å². The molecule has 1 aliphatic rings. The third-order valence-corrected chi connectivity index (χ3v) is 6.33. The van der Waals surface area contributed by atoms with Gasteiger partial charge >= 0.3 is 0 Å². The zero-order valence-electron chi connectivity index (χ0n) is 16.8. The van der Waals surface area contributed by atoms with Gasteiger partial charge in [0.25, 0.3) is 5.91 Å². The van der Waals surface area contributed by atoms with Crippen LogP contribution in [0.3, 0.4) is 0 Å². The summed E-state index contributed by atoms with van der Waals surface area (Å²) >= 11 is 1.51. The van der Waals surface area contributed by atoms with Gasteiger partial charge in [-0.25, -0.2) is 0 Å². The van der Waals surface area contributed by atoms with Crippen LogP contribution in [0.5, 0.6) is 0 Å². The van der Waals surface area contributed by atoms with Crippen LogP contribution in [-0.2, 0) is 17.8 Å². The van der Waals surface area contributed by atoms with E-state index in [0.717, 1.165) is 41.5 Å². The Balaban J connectivity index is 1.53. The van der Waals surface area contributed by atoms with Crippen LogP contribution >= 0.6 is 11.3 Å². The molecule has 1 saturated heterocycles. The maximum atomic E-state index is 12.9. The van der Waals surface area contributed by atoms with E-state index in [9.17, 15) is 9.59 Å². The molecule has 2 aromatic rings. The highest BCUT2D eigenvalue weighted by Gasteiger charge is 2.20. The molecule has 0 bridgehead atoms. The number of amides is 2. The number of hydrogen-bond acceptors (Lipinski definition) is 4. The van der Waals surface area contributed by atoms with Crippen LogP contribution in [0.15, 0.2) is 42.5 Å². The molecule has 0 atom stereocenters. The molecule has 0 saturated carbocycles. The molecular weight excluding hydrogens is 370 g/mol. The van der Waals surface area contributed by atoms with Crippen LogP contribution in [-0.4, -0.2) is 66.3 Å². The minimum atomic E-state index is 0.0630. The molecule has 2 amide bonds. The van der Waals surface area contributed by atoms with Crippen molar-refractivity contribution in [3.8, 4) is 0 Å². The molecule has 0 radical (unpaired) electrons. The molecule has 5 nitrogen and oxygen atoms in total. The lowest BCUT2D eigenvalue weighted by molar-refractivity contribution is -0.132. The van der Waals surface area contributed by atoms with Crippen molar-refractivity contribution >= 4 is 23.2 Å². The molecule has 1 aromatic heterocycles. The van der Waals surface area contributed by atoms with Crippen LogP contribution in [0.4, 0.5) is 0 Å². The van der Waals surface area contributed by atoms with Gasteiger partial charge in [-0.3, -0.25) is 9.59 Å². The summed E-state index contributed by atoms with van der Waals surface area (Å²) in [5.41, 5.74) is 1.13. The Kier molecular flexibility index (Phi) is 7.23.